The Morgan fingerprint density at radius 2 is 1.88 bits per heavy atom. The SMILES string of the molecule is O=C(O)C1(N(c2ccc(-c3cc(C(F)(F)C(F)(F)F)on3)s2)S(=O)[O-])CC1c1ccccc1. The smallest absolute Gasteiger partial charge is 0.461 e. The first-order valence-corrected chi connectivity index (χ1v) is 10.9. The van der Waals surface area contributed by atoms with Gasteiger partial charge in [-0.15, -0.1) is 11.3 Å². The monoisotopic (exact) mass is 507 g/mol. The van der Waals surface area contributed by atoms with Crippen molar-refractivity contribution < 1.29 is 45.1 Å². The summed E-state index contributed by atoms with van der Waals surface area (Å²) in [6.07, 6.45) is -5.91. The van der Waals surface area contributed by atoms with E-state index in [2.05, 4.69) is 9.68 Å². The van der Waals surface area contributed by atoms with Crippen LogP contribution in [0.5, 0.6) is 0 Å². The van der Waals surface area contributed by atoms with Gasteiger partial charge in [0.2, 0.25) is 5.76 Å². The summed E-state index contributed by atoms with van der Waals surface area (Å²) in [5, 5.41) is 13.0. The third kappa shape index (κ3) is 3.81. The second-order valence-electron chi connectivity index (χ2n) is 7.19. The van der Waals surface area contributed by atoms with E-state index in [9.17, 15) is 40.6 Å². The summed E-state index contributed by atoms with van der Waals surface area (Å²) in [6.45, 7) is 0. The first kappa shape index (κ1) is 23.3. The fraction of sp³-hybridized carbons (Fsp3) is 0.263. The van der Waals surface area contributed by atoms with Crippen molar-refractivity contribution in [3.8, 4) is 10.6 Å². The summed E-state index contributed by atoms with van der Waals surface area (Å²) < 4.78 is 93.6. The molecule has 0 bridgehead atoms. The summed E-state index contributed by atoms with van der Waals surface area (Å²) >= 11 is -2.38. The number of carboxylic acid groups (broad SMARTS) is 1. The number of aromatic nitrogens is 1. The summed E-state index contributed by atoms with van der Waals surface area (Å²) in [4.78, 5) is 12.1. The lowest BCUT2D eigenvalue weighted by atomic mass is 10.1. The molecule has 176 valence electrons. The molecule has 4 rings (SSSR count). The number of nitrogens with zero attached hydrogens (tertiary/aromatic N) is 2. The second-order valence-corrected chi connectivity index (χ2v) is 9.06. The van der Waals surface area contributed by atoms with Gasteiger partial charge >= 0.3 is 18.1 Å². The van der Waals surface area contributed by atoms with E-state index in [1.165, 1.54) is 12.1 Å². The van der Waals surface area contributed by atoms with Gasteiger partial charge in [0.25, 0.3) is 0 Å². The van der Waals surface area contributed by atoms with Gasteiger partial charge in [-0.25, -0.2) is 4.79 Å². The molecule has 3 atom stereocenters. The number of benzene rings is 1. The highest BCUT2D eigenvalue weighted by Gasteiger charge is 2.66. The second kappa shape index (κ2) is 7.88. The molecule has 0 radical (unpaired) electrons. The molecule has 2 heterocycles. The lowest BCUT2D eigenvalue weighted by Gasteiger charge is -2.32. The number of hydrogen-bond acceptors (Lipinski definition) is 6. The van der Waals surface area contributed by atoms with E-state index < -0.39 is 46.6 Å². The zero-order valence-electron chi connectivity index (χ0n) is 16.1. The van der Waals surface area contributed by atoms with Crippen LogP contribution in [0.4, 0.5) is 27.0 Å². The highest BCUT2D eigenvalue weighted by molar-refractivity contribution is 7.81. The number of anilines is 1. The van der Waals surface area contributed by atoms with Crippen molar-refractivity contribution in [1.82, 2.24) is 5.16 Å². The maximum Gasteiger partial charge on any atom is 0.461 e. The zero-order chi connectivity index (χ0) is 24.2. The van der Waals surface area contributed by atoms with Gasteiger partial charge in [-0.1, -0.05) is 35.5 Å². The molecule has 0 spiro atoms. The Bertz CT molecular complexity index is 1210. The largest absolute Gasteiger partial charge is 0.755 e. The average Bonchev–Trinajstić information content (AvgIpc) is 3.07. The fourth-order valence-electron chi connectivity index (χ4n) is 3.54. The minimum atomic E-state index is -5.90. The molecule has 33 heavy (non-hydrogen) atoms. The Balaban J connectivity index is 1.68. The lowest BCUT2D eigenvalue weighted by molar-refractivity contribution is -0.296. The maximum atomic E-state index is 13.5. The summed E-state index contributed by atoms with van der Waals surface area (Å²) in [5.74, 6) is -9.03. The van der Waals surface area contributed by atoms with Crippen LogP contribution < -0.4 is 4.31 Å². The van der Waals surface area contributed by atoms with Crippen molar-refractivity contribution in [3.05, 3.63) is 59.9 Å². The minimum absolute atomic E-state index is 0.00544. The summed E-state index contributed by atoms with van der Waals surface area (Å²) in [6, 6.07) is 11.3. The van der Waals surface area contributed by atoms with Crippen LogP contribution in [0.3, 0.4) is 0 Å². The molecule has 1 saturated carbocycles. The van der Waals surface area contributed by atoms with Crippen LogP contribution in [0.2, 0.25) is 0 Å². The Labute approximate surface area is 188 Å². The first-order chi connectivity index (χ1) is 15.4. The zero-order valence-corrected chi connectivity index (χ0v) is 17.7. The Hall–Kier alpha value is -2.84. The quantitative estimate of drug-likeness (QED) is 0.368. The van der Waals surface area contributed by atoms with Crippen LogP contribution in [-0.2, 0) is 22.0 Å². The van der Waals surface area contributed by atoms with Gasteiger partial charge in [-0.3, -0.25) is 8.51 Å². The van der Waals surface area contributed by atoms with E-state index in [0.29, 0.717) is 27.3 Å². The van der Waals surface area contributed by atoms with Gasteiger partial charge in [0, 0.05) is 23.3 Å². The average molecular weight is 507 g/mol. The molecule has 14 heteroatoms. The number of rotatable bonds is 7. The highest BCUT2D eigenvalue weighted by Crippen LogP contribution is 2.58. The number of carbonyl (C=O) groups is 1. The Morgan fingerprint density at radius 3 is 2.45 bits per heavy atom. The van der Waals surface area contributed by atoms with Crippen molar-refractivity contribution in [1.29, 1.82) is 0 Å². The molecular formula is C19H12F5N2O5S2-. The van der Waals surface area contributed by atoms with Crippen LogP contribution >= 0.6 is 11.3 Å². The van der Waals surface area contributed by atoms with Crippen molar-refractivity contribution in [2.45, 2.75) is 30.0 Å². The topological polar surface area (TPSA) is 107 Å². The summed E-state index contributed by atoms with van der Waals surface area (Å²) in [7, 11) is 0. The molecular weight excluding hydrogens is 495 g/mol. The minimum Gasteiger partial charge on any atom is -0.755 e. The number of hydrogen-bond donors (Lipinski definition) is 1. The molecule has 2 aromatic heterocycles. The molecule has 0 aliphatic heterocycles. The molecule has 0 amide bonds. The van der Waals surface area contributed by atoms with Gasteiger partial charge in [0.1, 0.15) is 10.7 Å². The molecule has 1 N–H and O–H groups in total. The van der Waals surface area contributed by atoms with E-state index in [1.54, 1.807) is 30.3 Å². The van der Waals surface area contributed by atoms with E-state index >= 15 is 0 Å². The molecule has 1 aliphatic carbocycles. The van der Waals surface area contributed by atoms with Gasteiger partial charge in [-0.2, -0.15) is 22.0 Å². The van der Waals surface area contributed by atoms with Crippen LogP contribution in [0, 0.1) is 0 Å². The molecule has 1 fully saturated rings. The number of halogens is 5. The molecule has 7 nitrogen and oxygen atoms in total. The van der Waals surface area contributed by atoms with Crippen LogP contribution in [0.15, 0.2) is 53.1 Å². The number of alkyl halides is 5. The first-order valence-electron chi connectivity index (χ1n) is 9.09. The summed E-state index contributed by atoms with van der Waals surface area (Å²) in [5.41, 5.74) is -1.58. The van der Waals surface area contributed by atoms with Crippen molar-refractivity contribution in [2.24, 2.45) is 0 Å². The predicted molar refractivity (Wildman–Crippen MR) is 105 cm³/mol. The maximum absolute atomic E-state index is 13.5. The number of aliphatic carboxylic acids is 1. The predicted octanol–water partition coefficient (Wildman–Crippen LogP) is 4.67. The van der Waals surface area contributed by atoms with Crippen molar-refractivity contribution >= 4 is 33.6 Å². The van der Waals surface area contributed by atoms with Gasteiger partial charge in [-0.05, 0) is 24.1 Å². The molecule has 1 aliphatic rings. The normalized spacial score (nSPS) is 21.6. The van der Waals surface area contributed by atoms with Crippen molar-refractivity contribution in [3.63, 3.8) is 0 Å². The number of thiophene rings is 1. The van der Waals surface area contributed by atoms with Crippen LogP contribution in [0.25, 0.3) is 10.6 Å². The van der Waals surface area contributed by atoms with Crippen molar-refractivity contribution in [2.75, 3.05) is 4.31 Å². The van der Waals surface area contributed by atoms with E-state index in [4.69, 9.17) is 0 Å². The third-order valence-electron chi connectivity index (χ3n) is 5.24. The van der Waals surface area contributed by atoms with Crippen LogP contribution in [0.1, 0.15) is 23.7 Å². The van der Waals surface area contributed by atoms with Crippen LogP contribution in [-0.4, -0.2) is 36.7 Å². The molecule has 1 aromatic carbocycles. The standard InChI is InChI=1S/C19H13F5N2O5S2/c20-18(21,19(22,23)24)14-8-12(25-31-14)13-6-7-15(32-13)26(33(29)30)17(16(27)28)9-11(17)10-4-2-1-3-5-10/h1-8,11H,9H2,(H,27,28)(H,29,30)/p-1. The Kier molecular flexibility index (Phi) is 5.57. The van der Waals surface area contributed by atoms with Gasteiger partial charge in [0.15, 0.2) is 5.54 Å². The lowest BCUT2D eigenvalue weighted by Crippen LogP contribution is -2.46. The molecule has 3 unspecified atom stereocenters. The third-order valence-corrected chi connectivity index (χ3v) is 7.26. The van der Waals surface area contributed by atoms with Gasteiger partial charge in [0.05, 0.1) is 4.88 Å². The molecule has 0 saturated heterocycles. The van der Waals surface area contributed by atoms with E-state index in [-0.39, 0.29) is 22.0 Å². The van der Waals surface area contributed by atoms with E-state index in [1.807, 2.05) is 0 Å². The number of carboxylic acids is 1. The fourth-order valence-corrected chi connectivity index (χ4v) is 5.53. The Morgan fingerprint density at radius 1 is 1.21 bits per heavy atom. The highest BCUT2D eigenvalue weighted by atomic mass is 32.2. The van der Waals surface area contributed by atoms with E-state index in [0.717, 1.165) is 0 Å². The van der Waals surface area contributed by atoms with Gasteiger partial charge < -0.3 is 14.2 Å². The molecule has 3 aromatic rings.